The molecule has 2 N–H and O–H groups in total. The molecule has 0 unspecified atom stereocenters. The van der Waals surface area contributed by atoms with Crippen LogP contribution in [0.15, 0.2) is 48.5 Å². The minimum atomic E-state index is 0.635. The van der Waals surface area contributed by atoms with Gasteiger partial charge in [-0.25, -0.2) is 0 Å². The number of carbonyl (C=O) groups excluding carboxylic acids is 1. The molecule has 0 spiro atoms. The van der Waals surface area contributed by atoms with Gasteiger partial charge in [0.05, 0.1) is 11.6 Å². The summed E-state index contributed by atoms with van der Waals surface area (Å²) in [5.74, 6) is 0. The zero-order chi connectivity index (χ0) is 13.4. The Morgan fingerprint density at radius 3 is 2.28 bits per heavy atom. The molecule has 0 amide bonds. The average molecular weight is 238 g/mol. The molecule has 18 heavy (non-hydrogen) atoms. The molecule has 0 heterocycles. The number of nitriles is 1. The lowest BCUT2D eigenvalue weighted by Crippen LogP contribution is -1.82. The predicted molar refractivity (Wildman–Crippen MR) is 72.1 cm³/mol. The van der Waals surface area contributed by atoms with E-state index in [1.54, 1.807) is 18.2 Å². The zero-order valence-electron chi connectivity index (χ0n) is 10.1. The first-order chi connectivity index (χ1) is 8.83. The zero-order valence-corrected chi connectivity index (χ0v) is 10.1. The minimum Gasteiger partial charge on any atom is -0.333 e. The molecule has 2 rings (SSSR count). The van der Waals surface area contributed by atoms with Crippen molar-refractivity contribution in [1.82, 2.24) is 0 Å². The second-order valence-corrected chi connectivity index (χ2v) is 3.43. The summed E-state index contributed by atoms with van der Waals surface area (Å²) in [6.45, 7) is 0. The van der Waals surface area contributed by atoms with Crippen LogP contribution in [0.1, 0.15) is 15.9 Å². The maximum absolute atomic E-state index is 10.6. The van der Waals surface area contributed by atoms with Gasteiger partial charge in [-0.15, -0.1) is 0 Å². The molecule has 0 radical (unpaired) electrons. The fourth-order valence-electron chi connectivity index (χ4n) is 1.53. The number of carbonyl (C=O) groups is 1. The van der Waals surface area contributed by atoms with Crippen LogP contribution < -0.4 is 5.73 Å². The molecule has 0 aromatic heterocycles. The van der Waals surface area contributed by atoms with Gasteiger partial charge in [0, 0.05) is 5.56 Å². The van der Waals surface area contributed by atoms with E-state index in [2.05, 4.69) is 11.8 Å². The van der Waals surface area contributed by atoms with E-state index in [1.165, 1.54) is 7.05 Å². The molecule has 0 saturated carbocycles. The molecule has 0 fully saturated rings. The average Bonchev–Trinajstić information content (AvgIpc) is 2.49. The highest BCUT2D eigenvalue weighted by Crippen LogP contribution is 2.20. The molecule has 2 aromatic carbocycles. The van der Waals surface area contributed by atoms with Crippen LogP contribution in [0.5, 0.6) is 0 Å². The van der Waals surface area contributed by atoms with Gasteiger partial charge >= 0.3 is 0 Å². The van der Waals surface area contributed by atoms with Crippen LogP contribution in [0, 0.1) is 11.3 Å². The molecule has 2 aromatic rings. The maximum Gasteiger partial charge on any atom is 0.150 e. The number of hydrogen-bond donors (Lipinski definition) is 1. The summed E-state index contributed by atoms with van der Waals surface area (Å²) in [6.07, 6.45) is 0.827. The minimum absolute atomic E-state index is 0.635. The number of rotatable bonds is 2. The van der Waals surface area contributed by atoms with Gasteiger partial charge in [0.1, 0.15) is 6.29 Å². The van der Waals surface area contributed by atoms with Crippen LogP contribution in [0.4, 0.5) is 0 Å². The number of hydrogen-bond acceptors (Lipinski definition) is 3. The Balaban J connectivity index is 0.000000771. The van der Waals surface area contributed by atoms with E-state index < -0.39 is 0 Å². The third-order valence-electron chi connectivity index (χ3n) is 2.37. The molecule has 0 aliphatic rings. The highest BCUT2D eigenvalue weighted by molar-refractivity contribution is 5.78. The van der Waals surface area contributed by atoms with E-state index in [0.29, 0.717) is 11.1 Å². The van der Waals surface area contributed by atoms with E-state index in [-0.39, 0.29) is 0 Å². The van der Waals surface area contributed by atoms with Crippen molar-refractivity contribution in [3.8, 4) is 17.2 Å². The molecule has 0 aliphatic heterocycles. The summed E-state index contributed by atoms with van der Waals surface area (Å²) in [7, 11) is 1.50. The van der Waals surface area contributed by atoms with E-state index in [0.717, 1.165) is 17.4 Å². The van der Waals surface area contributed by atoms with Crippen LogP contribution in [0.3, 0.4) is 0 Å². The molecule has 3 heteroatoms. The van der Waals surface area contributed by atoms with Crippen LogP contribution in [0.25, 0.3) is 11.1 Å². The summed E-state index contributed by atoms with van der Waals surface area (Å²) in [5.41, 5.74) is 7.77. The topological polar surface area (TPSA) is 66.9 Å². The highest BCUT2D eigenvalue weighted by atomic mass is 16.1. The van der Waals surface area contributed by atoms with E-state index >= 15 is 0 Å². The highest BCUT2D eigenvalue weighted by Gasteiger charge is 1.98. The van der Waals surface area contributed by atoms with E-state index in [1.807, 2.05) is 30.3 Å². The molecular weight excluding hydrogens is 224 g/mol. The van der Waals surface area contributed by atoms with Crippen molar-refractivity contribution in [3.63, 3.8) is 0 Å². The quantitative estimate of drug-likeness (QED) is 0.818. The van der Waals surface area contributed by atoms with Crippen LogP contribution >= 0.6 is 0 Å². The second kappa shape index (κ2) is 7.00. The molecule has 0 aliphatic carbocycles. The SMILES string of the molecule is CN.N#Cc1ccc(-c2cccc(C=O)c2)cc1. The van der Waals surface area contributed by atoms with Crippen LogP contribution in [-0.2, 0) is 0 Å². The Labute approximate surface area is 106 Å². The first kappa shape index (κ1) is 13.6. The molecule has 0 saturated heterocycles. The lowest BCUT2D eigenvalue weighted by Gasteiger charge is -2.02. The standard InChI is InChI=1S/C14H9NO.CH5N/c15-9-11-4-6-13(7-5-11)14-3-1-2-12(8-14)10-16;1-2/h1-8,10H;2H2,1H3. The summed E-state index contributed by atoms with van der Waals surface area (Å²) < 4.78 is 0. The van der Waals surface area contributed by atoms with Gasteiger partial charge in [-0.05, 0) is 36.4 Å². The van der Waals surface area contributed by atoms with E-state index in [4.69, 9.17) is 5.26 Å². The van der Waals surface area contributed by atoms with Crippen molar-refractivity contribution in [2.75, 3.05) is 7.05 Å². The van der Waals surface area contributed by atoms with Crippen molar-refractivity contribution in [2.45, 2.75) is 0 Å². The monoisotopic (exact) mass is 238 g/mol. The van der Waals surface area contributed by atoms with Crippen molar-refractivity contribution < 1.29 is 4.79 Å². The molecule has 90 valence electrons. The van der Waals surface area contributed by atoms with Gasteiger partial charge in [0.2, 0.25) is 0 Å². The molecule has 3 nitrogen and oxygen atoms in total. The normalized spacial score (nSPS) is 8.72. The molecule has 0 atom stereocenters. The Hall–Kier alpha value is -2.44. The van der Waals surface area contributed by atoms with Crippen molar-refractivity contribution in [2.24, 2.45) is 5.73 Å². The van der Waals surface area contributed by atoms with Crippen molar-refractivity contribution in [3.05, 3.63) is 59.7 Å². The fraction of sp³-hybridized carbons (Fsp3) is 0.0667. The Morgan fingerprint density at radius 2 is 1.72 bits per heavy atom. The number of nitrogens with two attached hydrogens (primary N) is 1. The summed E-state index contributed by atoms with van der Waals surface area (Å²) in [6, 6.07) is 16.7. The van der Waals surface area contributed by atoms with Gasteiger partial charge in [-0.1, -0.05) is 30.3 Å². The van der Waals surface area contributed by atoms with Gasteiger partial charge in [0.15, 0.2) is 0 Å². The summed E-state index contributed by atoms with van der Waals surface area (Å²) in [4.78, 5) is 10.6. The van der Waals surface area contributed by atoms with Crippen molar-refractivity contribution >= 4 is 6.29 Å². The van der Waals surface area contributed by atoms with E-state index in [9.17, 15) is 4.79 Å². The third kappa shape index (κ3) is 3.27. The lowest BCUT2D eigenvalue weighted by atomic mass is 10.0. The van der Waals surface area contributed by atoms with Crippen LogP contribution in [-0.4, -0.2) is 13.3 Å². The Morgan fingerprint density at radius 1 is 1.06 bits per heavy atom. The van der Waals surface area contributed by atoms with Gasteiger partial charge in [-0.3, -0.25) is 4.79 Å². The molecular formula is C15H14N2O. The number of nitrogens with zero attached hydrogens (tertiary/aromatic N) is 1. The predicted octanol–water partition coefficient (Wildman–Crippen LogP) is 2.61. The fourth-order valence-corrected chi connectivity index (χ4v) is 1.53. The van der Waals surface area contributed by atoms with Gasteiger partial charge in [-0.2, -0.15) is 5.26 Å². The largest absolute Gasteiger partial charge is 0.333 e. The third-order valence-corrected chi connectivity index (χ3v) is 2.37. The smallest absolute Gasteiger partial charge is 0.150 e. The maximum atomic E-state index is 10.6. The first-order valence-electron chi connectivity index (χ1n) is 5.47. The number of benzene rings is 2. The van der Waals surface area contributed by atoms with Gasteiger partial charge < -0.3 is 5.73 Å². The van der Waals surface area contributed by atoms with Gasteiger partial charge in [0.25, 0.3) is 0 Å². The second-order valence-electron chi connectivity index (χ2n) is 3.43. The van der Waals surface area contributed by atoms with Crippen LogP contribution in [0.2, 0.25) is 0 Å². The summed E-state index contributed by atoms with van der Waals surface area (Å²) >= 11 is 0. The Kier molecular flexibility index (Phi) is 5.30. The number of aldehydes is 1. The summed E-state index contributed by atoms with van der Waals surface area (Å²) in [5, 5.41) is 8.68. The Bertz CT molecular complexity index is 553. The first-order valence-corrected chi connectivity index (χ1v) is 5.47. The lowest BCUT2D eigenvalue weighted by molar-refractivity contribution is 0.112. The molecule has 0 bridgehead atoms. The van der Waals surface area contributed by atoms with Crippen molar-refractivity contribution in [1.29, 1.82) is 5.26 Å².